The van der Waals surface area contributed by atoms with E-state index in [0.717, 1.165) is 16.7 Å². The Labute approximate surface area is 277 Å². The average Bonchev–Trinajstić information content (AvgIpc) is 3.04. The third-order valence-corrected chi connectivity index (χ3v) is 13.4. The molecule has 1 N–H and O–H groups in total. The minimum Gasteiger partial charge on any atom is -0.404 e. The van der Waals surface area contributed by atoms with Gasteiger partial charge in [-0.15, -0.1) is 0 Å². The topological polar surface area (TPSA) is 66.4 Å². The molecule has 1 heterocycles. The van der Waals surface area contributed by atoms with Gasteiger partial charge in [-0.05, 0) is 48.2 Å². The van der Waals surface area contributed by atoms with E-state index in [9.17, 15) is 5.11 Å². The lowest BCUT2D eigenvalue weighted by Crippen LogP contribution is -2.55. The van der Waals surface area contributed by atoms with Gasteiger partial charge in [0.1, 0.15) is 24.4 Å². The third kappa shape index (κ3) is 11.2. The van der Waals surface area contributed by atoms with Crippen LogP contribution >= 0.6 is 0 Å². The second-order valence-electron chi connectivity index (χ2n) is 13.6. The number of rotatable bonds is 14. The lowest BCUT2D eigenvalue weighted by atomic mass is 9.92. The Balaban J connectivity index is 1.52. The van der Waals surface area contributed by atoms with E-state index in [2.05, 4.69) is 70.0 Å². The van der Waals surface area contributed by atoms with Gasteiger partial charge in [0, 0.05) is 13.0 Å². The number of benzene rings is 3. The fraction of sp³-hybridized carbons (Fsp3) is 0.487. The Bertz CT molecular complexity index is 1350. The maximum Gasteiger partial charge on any atom is 0.193 e. The summed E-state index contributed by atoms with van der Waals surface area (Å²) < 4.78 is 32.2. The van der Waals surface area contributed by atoms with Gasteiger partial charge in [0.05, 0.1) is 32.0 Å². The van der Waals surface area contributed by atoms with Gasteiger partial charge >= 0.3 is 0 Å². The summed E-state index contributed by atoms with van der Waals surface area (Å²) in [6.45, 7) is 14.8. The summed E-state index contributed by atoms with van der Waals surface area (Å²) in [5.41, 5.74) is 3.24. The van der Waals surface area contributed by atoms with Crippen molar-refractivity contribution in [3.63, 3.8) is 0 Å². The molecule has 7 heteroatoms. The predicted molar refractivity (Wildman–Crippen MR) is 186 cm³/mol. The molecule has 3 aromatic carbocycles. The molecule has 1 fully saturated rings. The molecule has 6 atom stereocenters. The van der Waals surface area contributed by atoms with E-state index in [1.165, 1.54) is 0 Å². The summed E-state index contributed by atoms with van der Waals surface area (Å²) in [4.78, 5) is 0. The van der Waals surface area contributed by atoms with Gasteiger partial charge in [-0.1, -0.05) is 124 Å². The van der Waals surface area contributed by atoms with Crippen molar-refractivity contribution in [1.82, 2.24) is 0 Å². The third-order valence-electron chi connectivity index (χ3n) is 8.85. The predicted octanol–water partition coefficient (Wildman–Crippen LogP) is 7.70. The van der Waals surface area contributed by atoms with Gasteiger partial charge in [-0.25, -0.2) is 0 Å². The summed E-state index contributed by atoms with van der Waals surface area (Å²) in [5, 5.41) is 11.6. The summed E-state index contributed by atoms with van der Waals surface area (Å²) in [7, 11) is -2.03. The maximum atomic E-state index is 11.6. The largest absolute Gasteiger partial charge is 0.404 e. The zero-order valence-electron chi connectivity index (χ0n) is 28.4. The lowest BCUT2D eigenvalue weighted by Gasteiger charge is -2.42. The van der Waals surface area contributed by atoms with E-state index >= 15 is 0 Å². The number of hydrogen-bond acceptors (Lipinski definition) is 6. The van der Waals surface area contributed by atoms with Gasteiger partial charge in [0.25, 0.3) is 0 Å². The van der Waals surface area contributed by atoms with Gasteiger partial charge < -0.3 is 28.5 Å². The normalized spacial score (nSPS) is 21.6. The van der Waals surface area contributed by atoms with Crippen LogP contribution in [0, 0.1) is 11.8 Å². The Hall–Kier alpha value is -2.80. The van der Waals surface area contributed by atoms with Crippen molar-refractivity contribution in [2.45, 2.75) is 115 Å². The first-order valence-electron chi connectivity index (χ1n) is 16.5. The molecule has 0 amide bonds. The quantitative estimate of drug-likeness (QED) is 0.110. The highest BCUT2D eigenvalue weighted by Crippen LogP contribution is 2.37. The summed E-state index contributed by atoms with van der Waals surface area (Å²) >= 11 is 0. The zero-order valence-corrected chi connectivity index (χ0v) is 29.4. The Morgan fingerprint density at radius 3 is 1.87 bits per heavy atom. The van der Waals surface area contributed by atoms with E-state index in [-0.39, 0.29) is 23.4 Å². The van der Waals surface area contributed by atoms with Gasteiger partial charge in [0.15, 0.2) is 8.32 Å². The van der Waals surface area contributed by atoms with Crippen molar-refractivity contribution in [2.75, 3.05) is 6.61 Å². The first-order valence-corrected chi connectivity index (χ1v) is 19.4. The first kappa shape index (κ1) is 36.0. The maximum absolute atomic E-state index is 11.6. The summed E-state index contributed by atoms with van der Waals surface area (Å²) in [6, 6.07) is 30.3. The molecule has 46 heavy (non-hydrogen) atoms. The second-order valence-corrected chi connectivity index (χ2v) is 18.4. The van der Waals surface area contributed by atoms with Crippen LogP contribution in [-0.2, 0) is 43.2 Å². The Morgan fingerprint density at radius 1 is 0.804 bits per heavy atom. The highest BCUT2D eigenvalue weighted by molar-refractivity contribution is 6.74. The molecule has 0 radical (unpaired) electrons. The molecule has 0 bridgehead atoms. The molecule has 6 nitrogen and oxygen atoms in total. The monoisotopic (exact) mass is 644 g/mol. The molecule has 3 aromatic rings. The number of aliphatic hydroxyl groups excluding tert-OH is 1. The number of ether oxygens (including phenoxy) is 4. The average molecular weight is 645 g/mol. The van der Waals surface area contributed by atoms with E-state index in [0.29, 0.717) is 39.3 Å². The standard InChI is InChI=1S/C39H52O6Si/c1-30(45-46(5,6)39(2,3)4)22-23-35(40)37-38(43-29-33-20-14-9-15-21-33)36(42-28-32-18-12-8-13-19-32)26-34(44-37)24-25-41-27-31-16-10-7-11-17-31/h7-21,30,34-38,40H,24-29H2,1-6H3/t30-,34-,35-,36+,37+,38-/m1/s1. The van der Waals surface area contributed by atoms with Crippen molar-refractivity contribution < 1.29 is 28.5 Å². The Kier molecular flexibility index (Phi) is 13.6. The van der Waals surface area contributed by atoms with Crippen LogP contribution in [-0.4, -0.2) is 56.7 Å². The van der Waals surface area contributed by atoms with Crippen molar-refractivity contribution in [3.8, 4) is 11.8 Å². The highest BCUT2D eigenvalue weighted by atomic mass is 28.4. The van der Waals surface area contributed by atoms with Gasteiger partial charge in [-0.3, -0.25) is 0 Å². The molecule has 248 valence electrons. The Morgan fingerprint density at radius 2 is 1.33 bits per heavy atom. The van der Waals surface area contributed by atoms with Crippen molar-refractivity contribution in [2.24, 2.45) is 0 Å². The van der Waals surface area contributed by atoms with Crippen molar-refractivity contribution in [3.05, 3.63) is 108 Å². The molecule has 0 aromatic heterocycles. The molecule has 0 saturated carbocycles. The molecule has 0 unspecified atom stereocenters. The molecule has 1 aliphatic rings. The molecule has 1 aliphatic heterocycles. The van der Waals surface area contributed by atoms with Crippen LogP contribution in [0.5, 0.6) is 0 Å². The van der Waals surface area contributed by atoms with E-state index in [4.69, 9.17) is 23.4 Å². The van der Waals surface area contributed by atoms with Crippen LogP contribution in [0.4, 0.5) is 0 Å². The van der Waals surface area contributed by atoms with Crippen LogP contribution in [0.3, 0.4) is 0 Å². The first-order chi connectivity index (χ1) is 22.0. The molecule has 4 rings (SSSR count). The van der Waals surface area contributed by atoms with E-state index in [1.807, 2.05) is 73.7 Å². The second kappa shape index (κ2) is 17.4. The molecular weight excluding hydrogens is 593 g/mol. The smallest absolute Gasteiger partial charge is 0.193 e. The molecule has 0 aliphatic carbocycles. The van der Waals surface area contributed by atoms with Crippen molar-refractivity contribution in [1.29, 1.82) is 0 Å². The minimum absolute atomic E-state index is 0.0591. The van der Waals surface area contributed by atoms with Gasteiger partial charge in [0.2, 0.25) is 0 Å². The highest BCUT2D eigenvalue weighted by Gasteiger charge is 2.43. The lowest BCUT2D eigenvalue weighted by molar-refractivity contribution is -0.226. The minimum atomic E-state index is -2.03. The van der Waals surface area contributed by atoms with Gasteiger partial charge in [-0.2, -0.15) is 0 Å². The van der Waals surface area contributed by atoms with Crippen LogP contribution in [0.25, 0.3) is 0 Å². The summed E-state index contributed by atoms with van der Waals surface area (Å²) in [5.74, 6) is 6.24. The fourth-order valence-electron chi connectivity index (χ4n) is 5.22. The van der Waals surface area contributed by atoms with Crippen molar-refractivity contribution >= 4 is 8.32 Å². The fourth-order valence-corrected chi connectivity index (χ4v) is 6.52. The van der Waals surface area contributed by atoms with E-state index < -0.39 is 26.6 Å². The van der Waals surface area contributed by atoms with E-state index in [1.54, 1.807) is 0 Å². The zero-order chi connectivity index (χ0) is 33.0. The number of aliphatic hydroxyl groups is 1. The van der Waals surface area contributed by atoms with Crippen LogP contribution in [0.2, 0.25) is 18.1 Å². The molecule has 1 saturated heterocycles. The van der Waals surface area contributed by atoms with Crippen LogP contribution in [0.1, 0.15) is 57.2 Å². The molecular formula is C39H52O6Si. The van der Waals surface area contributed by atoms with Crippen LogP contribution < -0.4 is 0 Å². The SMILES string of the molecule is C[C@H](C#C[C@@H](O)[C@@H]1O[C@H](CCOCc2ccccc2)C[C@H](OCc2ccccc2)[C@H]1OCc1ccccc1)O[Si](C)(C)C(C)(C)C. The number of hydrogen-bond donors (Lipinski definition) is 1. The summed E-state index contributed by atoms with van der Waals surface area (Å²) in [6.07, 6.45) is -1.92. The van der Waals surface area contributed by atoms with Crippen LogP contribution in [0.15, 0.2) is 91.0 Å². The molecule has 0 spiro atoms.